The Morgan fingerprint density at radius 1 is 1.29 bits per heavy atom. The number of H-pyrrole nitrogens is 1. The molecule has 0 unspecified atom stereocenters. The van der Waals surface area contributed by atoms with Gasteiger partial charge in [-0.25, -0.2) is 0 Å². The van der Waals surface area contributed by atoms with Crippen molar-refractivity contribution < 1.29 is 9.47 Å². The average Bonchev–Trinajstić information content (AvgIpc) is 2.96. The van der Waals surface area contributed by atoms with Gasteiger partial charge in [0, 0.05) is 6.04 Å². The van der Waals surface area contributed by atoms with Crippen LogP contribution in [-0.2, 0) is 0 Å². The molecule has 0 spiro atoms. The zero-order chi connectivity index (χ0) is 14.8. The monoisotopic (exact) mass is 289 g/mol. The molecule has 2 atom stereocenters. The molecular weight excluding hydrogens is 266 g/mol. The van der Waals surface area contributed by atoms with Crippen molar-refractivity contribution in [3.05, 3.63) is 18.3 Å². The van der Waals surface area contributed by atoms with Crippen LogP contribution in [0.5, 0.6) is 11.5 Å². The lowest BCUT2D eigenvalue weighted by atomic mass is 9.92. The summed E-state index contributed by atoms with van der Waals surface area (Å²) < 4.78 is 11.8. The van der Waals surface area contributed by atoms with Crippen LogP contribution in [0.1, 0.15) is 25.7 Å². The zero-order valence-corrected chi connectivity index (χ0v) is 12.9. The summed E-state index contributed by atoms with van der Waals surface area (Å²) in [5.41, 5.74) is 0.967. The van der Waals surface area contributed by atoms with Crippen LogP contribution in [0.4, 0.5) is 0 Å². The molecule has 0 radical (unpaired) electrons. The minimum atomic E-state index is 0.254. The van der Waals surface area contributed by atoms with E-state index in [1.807, 2.05) is 12.1 Å². The van der Waals surface area contributed by atoms with E-state index < -0.39 is 0 Å². The molecule has 114 valence electrons. The fourth-order valence-corrected chi connectivity index (χ4v) is 3.15. The van der Waals surface area contributed by atoms with E-state index >= 15 is 0 Å². The smallest absolute Gasteiger partial charge is 0.171 e. The summed E-state index contributed by atoms with van der Waals surface area (Å²) in [6, 6.07) is 4.57. The number of aromatic nitrogens is 2. The van der Waals surface area contributed by atoms with E-state index in [-0.39, 0.29) is 6.10 Å². The predicted octanol–water partition coefficient (Wildman–Crippen LogP) is 2.82. The third-order valence-corrected chi connectivity index (χ3v) is 4.37. The van der Waals surface area contributed by atoms with E-state index in [9.17, 15) is 0 Å². The predicted molar refractivity (Wildman–Crippen MR) is 83.0 cm³/mol. The summed E-state index contributed by atoms with van der Waals surface area (Å²) in [6.07, 6.45) is 6.68. The van der Waals surface area contributed by atoms with Gasteiger partial charge >= 0.3 is 0 Å². The highest BCUT2D eigenvalue weighted by Crippen LogP contribution is 2.36. The Hall–Kier alpha value is -1.75. The first-order chi connectivity index (χ1) is 10.2. The molecular formula is C16H23N3O2. The normalized spacial score (nSPS) is 22.7. The number of ether oxygens (including phenoxy) is 2. The first kappa shape index (κ1) is 14.2. The average molecular weight is 289 g/mol. The van der Waals surface area contributed by atoms with Gasteiger partial charge in [0.15, 0.2) is 11.5 Å². The number of aromatic amines is 1. The minimum Gasteiger partial charge on any atom is -0.492 e. The summed E-state index contributed by atoms with van der Waals surface area (Å²) in [7, 11) is 5.97. The van der Waals surface area contributed by atoms with Crippen LogP contribution in [0.2, 0.25) is 0 Å². The zero-order valence-electron chi connectivity index (χ0n) is 12.9. The Morgan fingerprint density at radius 2 is 2.14 bits per heavy atom. The Kier molecular flexibility index (Phi) is 4.01. The lowest BCUT2D eigenvalue weighted by Crippen LogP contribution is -2.37. The lowest BCUT2D eigenvalue weighted by molar-refractivity contribution is 0.0979. The summed E-state index contributed by atoms with van der Waals surface area (Å²) in [5.74, 6) is 1.59. The first-order valence-electron chi connectivity index (χ1n) is 7.52. The van der Waals surface area contributed by atoms with Crippen molar-refractivity contribution in [3.8, 4) is 11.5 Å². The molecule has 1 saturated carbocycles. The molecule has 1 fully saturated rings. The van der Waals surface area contributed by atoms with Crippen LogP contribution in [0.3, 0.4) is 0 Å². The fourth-order valence-electron chi connectivity index (χ4n) is 3.15. The fraction of sp³-hybridized carbons (Fsp3) is 0.562. The second-order valence-corrected chi connectivity index (χ2v) is 5.95. The number of rotatable bonds is 4. The van der Waals surface area contributed by atoms with Crippen LogP contribution in [0, 0.1) is 0 Å². The Morgan fingerprint density at radius 3 is 2.90 bits per heavy atom. The number of nitrogens with one attached hydrogen (secondary N) is 1. The molecule has 21 heavy (non-hydrogen) atoms. The second-order valence-electron chi connectivity index (χ2n) is 5.95. The summed E-state index contributed by atoms with van der Waals surface area (Å²) in [4.78, 5) is 2.30. The quantitative estimate of drug-likeness (QED) is 0.940. The maximum Gasteiger partial charge on any atom is 0.171 e. The van der Waals surface area contributed by atoms with Gasteiger partial charge in [0.25, 0.3) is 0 Å². The van der Waals surface area contributed by atoms with Crippen molar-refractivity contribution >= 4 is 10.9 Å². The highest BCUT2D eigenvalue weighted by atomic mass is 16.5. The summed E-state index contributed by atoms with van der Waals surface area (Å²) in [6.45, 7) is 0. The van der Waals surface area contributed by atoms with Crippen molar-refractivity contribution in [2.24, 2.45) is 0 Å². The molecule has 0 amide bonds. The molecule has 0 aliphatic heterocycles. The third kappa shape index (κ3) is 2.83. The third-order valence-electron chi connectivity index (χ3n) is 4.37. The van der Waals surface area contributed by atoms with Crippen LogP contribution in [0.15, 0.2) is 18.3 Å². The van der Waals surface area contributed by atoms with Gasteiger partial charge in [-0.2, -0.15) is 5.10 Å². The van der Waals surface area contributed by atoms with E-state index in [0.717, 1.165) is 35.2 Å². The SMILES string of the molecule is COc1c(O[C@H]2CCC[C@@H](N(C)C)C2)ccc2[nH]ncc12. The van der Waals surface area contributed by atoms with Crippen LogP contribution in [-0.4, -0.2) is 48.4 Å². The number of methoxy groups -OCH3 is 1. The molecule has 1 aliphatic rings. The van der Waals surface area contributed by atoms with E-state index in [1.54, 1.807) is 13.3 Å². The van der Waals surface area contributed by atoms with E-state index in [1.165, 1.54) is 12.8 Å². The van der Waals surface area contributed by atoms with Crippen molar-refractivity contribution in [1.29, 1.82) is 0 Å². The number of hydrogen-bond donors (Lipinski definition) is 1. The van der Waals surface area contributed by atoms with Gasteiger partial charge in [0.1, 0.15) is 6.10 Å². The number of hydrogen-bond acceptors (Lipinski definition) is 4. The second kappa shape index (κ2) is 5.93. The molecule has 5 nitrogen and oxygen atoms in total. The Labute approximate surface area is 125 Å². The maximum absolute atomic E-state index is 6.24. The van der Waals surface area contributed by atoms with Gasteiger partial charge in [-0.1, -0.05) is 0 Å². The summed E-state index contributed by atoms with van der Waals surface area (Å²) in [5, 5.41) is 7.99. The minimum absolute atomic E-state index is 0.254. The van der Waals surface area contributed by atoms with Crippen molar-refractivity contribution in [2.75, 3.05) is 21.2 Å². The maximum atomic E-state index is 6.24. The van der Waals surface area contributed by atoms with Gasteiger partial charge in [-0.15, -0.1) is 0 Å². The van der Waals surface area contributed by atoms with Crippen LogP contribution < -0.4 is 9.47 Å². The molecule has 3 rings (SSSR count). The largest absolute Gasteiger partial charge is 0.492 e. The van der Waals surface area contributed by atoms with Gasteiger partial charge in [-0.05, 0) is 51.9 Å². The van der Waals surface area contributed by atoms with Crippen LogP contribution >= 0.6 is 0 Å². The molecule has 1 N–H and O–H groups in total. The first-order valence-corrected chi connectivity index (χ1v) is 7.52. The number of fused-ring (bicyclic) bond motifs is 1. The molecule has 2 aromatic rings. The molecule has 0 saturated heterocycles. The van der Waals surface area contributed by atoms with Crippen LogP contribution in [0.25, 0.3) is 10.9 Å². The van der Waals surface area contributed by atoms with Crippen molar-refractivity contribution in [1.82, 2.24) is 15.1 Å². The topological polar surface area (TPSA) is 50.4 Å². The van der Waals surface area contributed by atoms with Gasteiger partial charge < -0.3 is 14.4 Å². The molecule has 1 aromatic heterocycles. The van der Waals surface area contributed by atoms with Gasteiger partial charge in [0.2, 0.25) is 0 Å². The Balaban J connectivity index is 1.81. The van der Waals surface area contributed by atoms with Gasteiger partial charge in [-0.3, -0.25) is 5.10 Å². The van der Waals surface area contributed by atoms with E-state index in [0.29, 0.717) is 6.04 Å². The van der Waals surface area contributed by atoms with Crippen molar-refractivity contribution in [2.45, 2.75) is 37.8 Å². The standard InChI is InChI=1S/C16H23N3O2/c1-19(2)11-5-4-6-12(9-11)21-15-8-7-14-13(10-17-18-14)16(15)20-3/h7-8,10-12H,4-6,9H2,1-3H3,(H,17,18)/t11-,12+/m1/s1. The van der Waals surface area contributed by atoms with E-state index in [4.69, 9.17) is 9.47 Å². The molecule has 1 heterocycles. The molecule has 1 aliphatic carbocycles. The lowest BCUT2D eigenvalue weighted by Gasteiger charge is -2.33. The Bertz CT molecular complexity index is 609. The highest BCUT2D eigenvalue weighted by molar-refractivity contribution is 5.87. The molecule has 1 aromatic carbocycles. The van der Waals surface area contributed by atoms with Gasteiger partial charge in [0.05, 0.1) is 24.2 Å². The number of benzene rings is 1. The molecule has 5 heteroatoms. The molecule has 0 bridgehead atoms. The number of nitrogens with zero attached hydrogens (tertiary/aromatic N) is 2. The van der Waals surface area contributed by atoms with Crippen molar-refractivity contribution in [3.63, 3.8) is 0 Å². The summed E-state index contributed by atoms with van der Waals surface area (Å²) >= 11 is 0. The highest BCUT2D eigenvalue weighted by Gasteiger charge is 2.25. The van der Waals surface area contributed by atoms with E-state index in [2.05, 4.69) is 29.2 Å².